The lowest BCUT2D eigenvalue weighted by molar-refractivity contribution is 0.474. The summed E-state index contributed by atoms with van der Waals surface area (Å²) in [5, 5.41) is 20.3. The third kappa shape index (κ3) is 3.40. The van der Waals surface area contributed by atoms with Gasteiger partial charge < -0.3 is 14.6 Å². The number of aromatic nitrogens is 1. The van der Waals surface area contributed by atoms with Crippen LogP contribution in [-0.2, 0) is 0 Å². The summed E-state index contributed by atoms with van der Waals surface area (Å²) in [6.07, 6.45) is 1.57. The molecule has 1 heterocycles. The van der Waals surface area contributed by atoms with Gasteiger partial charge >= 0.3 is 0 Å². The Morgan fingerprint density at radius 3 is 2.48 bits per heavy atom. The third-order valence-electron chi connectivity index (χ3n) is 4.29. The molecule has 0 fully saturated rings. The molecule has 0 saturated carbocycles. The zero-order valence-corrected chi connectivity index (χ0v) is 15.0. The molecule has 3 aromatic carbocycles. The molecule has 0 saturated heterocycles. The van der Waals surface area contributed by atoms with Crippen molar-refractivity contribution < 1.29 is 14.6 Å². The Labute approximate surface area is 156 Å². The smallest absolute Gasteiger partial charge is 0.231 e. The van der Waals surface area contributed by atoms with Gasteiger partial charge in [-0.15, -0.1) is 0 Å². The van der Waals surface area contributed by atoms with Crippen LogP contribution >= 0.6 is 0 Å². The number of phenolic OH excluding ortho intramolecular Hbond substituents is 2. The molecule has 0 bridgehead atoms. The average Bonchev–Trinajstić information content (AvgIpc) is 3.05. The number of aromatic hydroxyl groups is 2. The summed E-state index contributed by atoms with van der Waals surface area (Å²) in [7, 11) is 0. The van der Waals surface area contributed by atoms with Crippen LogP contribution in [0.3, 0.4) is 0 Å². The van der Waals surface area contributed by atoms with Crippen LogP contribution in [0.4, 0.5) is 5.69 Å². The molecule has 5 nitrogen and oxygen atoms in total. The number of benzene rings is 3. The van der Waals surface area contributed by atoms with Gasteiger partial charge in [-0.3, -0.25) is 4.99 Å². The number of nitrogens with zero attached hydrogens (tertiary/aromatic N) is 2. The van der Waals surface area contributed by atoms with E-state index in [2.05, 4.69) is 9.98 Å². The molecule has 0 unspecified atom stereocenters. The van der Waals surface area contributed by atoms with Crippen molar-refractivity contribution in [3.8, 4) is 23.0 Å². The molecule has 1 aromatic heterocycles. The van der Waals surface area contributed by atoms with Gasteiger partial charge in [0.05, 0.1) is 11.3 Å². The molecule has 0 atom stereocenters. The molecule has 0 aliphatic rings. The van der Waals surface area contributed by atoms with Crippen molar-refractivity contribution in [3.63, 3.8) is 0 Å². The fourth-order valence-corrected chi connectivity index (χ4v) is 2.86. The highest BCUT2D eigenvalue weighted by Crippen LogP contribution is 2.34. The van der Waals surface area contributed by atoms with Crippen molar-refractivity contribution in [1.29, 1.82) is 0 Å². The van der Waals surface area contributed by atoms with E-state index in [0.29, 0.717) is 28.3 Å². The molecule has 0 amide bonds. The number of aliphatic imine (C=N–C) groups is 1. The van der Waals surface area contributed by atoms with Gasteiger partial charge in [0.2, 0.25) is 5.89 Å². The highest BCUT2D eigenvalue weighted by molar-refractivity contribution is 5.86. The highest BCUT2D eigenvalue weighted by Gasteiger charge is 2.13. The SMILES string of the molecule is Cc1ccc(O)c(C=Nc2ccc(-c3nc4cc(C)ccc4o3)c(O)c2)c1. The second-order valence-electron chi connectivity index (χ2n) is 6.51. The Kier molecular flexibility index (Phi) is 4.12. The molecule has 134 valence electrons. The first-order valence-corrected chi connectivity index (χ1v) is 8.54. The minimum Gasteiger partial charge on any atom is -0.507 e. The second-order valence-corrected chi connectivity index (χ2v) is 6.51. The van der Waals surface area contributed by atoms with E-state index in [9.17, 15) is 10.2 Å². The lowest BCUT2D eigenvalue weighted by atomic mass is 10.1. The maximum Gasteiger partial charge on any atom is 0.231 e. The van der Waals surface area contributed by atoms with Crippen molar-refractivity contribution in [1.82, 2.24) is 4.98 Å². The lowest BCUT2D eigenvalue weighted by Crippen LogP contribution is -1.84. The van der Waals surface area contributed by atoms with Gasteiger partial charge in [0.25, 0.3) is 0 Å². The van der Waals surface area contributed by atoms with E-state index in [1.807, 2.05) is 44.2 Å². The third-order valence-corrected chi connectivity index (χ3v) is 4.29. The zero-order chi connectivity index (χ0) is 19.0. The summed E-state index contributed by atoms with van der Waals surface area (Å²) >= 11 is 0. The first-order valence-electron chi connectivity index (χ1n) is 8.54. The first-order chi connectivity index (χ1) is 13.0. The van der Waals surface area contributed by atoms with Crippen LogP contribution in [0.25, 0.3) is 22.6 Å². The summed E-state index contributed by atoms with van der Waals surface area (Å²) in [6.45, 7) is 3.93. The normalized spacial score (nSPS) is 11.5. The van der Waals surface area contributed by atoms with Crippen molar-refractivity contribution in [3.05, 3.63) is 71.3 Å². The Hall–Kier alpha value is -3.60. The van der Waals surface area contributed by atoms with Crippen molar-refractivity contribution in [2.45, 2.75) is 13.8 Å². The predicted octanol–water partition coefficient (Wildman–Crippen LogP) is 5.27. The zero-order valence-electron chi connectivity index (χ0n) is 15.0. The largest absolute Gasteiger partial charge is 0.507 e. The Bertz CT molecular complexity index is 1180. The van der Waals surface area contributed by atoms with Crippen LogP contribution in [-0.4, -0.2) is 21.4 Å². The molecule has 0 radical (unpaired) electrons. The number of rotatable bonds is 3. The summed E-state index contributed by atoms with van der Waals surface area (Å²) in [5.41, 5.74) is 5.22. The van der Waals surface area contributed by atoms with Gasteiger partial charge in [-0.2, -0.15) is 0 Å². The van der Waals surface area contributed by atoms with E-state index in [4.69, 9.17) is 4.42 Å². The van der Waals surface area contributed by atoms with Crippen LogP contribution < -0.4 is 0 Å². The quantitative estimate of drug-likeness (QED) is 0.489. The molecule has 4 rings (SSSR count). The molecule has 5 heteroatoms. The monoisotopic (exact) mass is 358 g/mol. The maximum atomic E-state index is 10.4. The Morgan fingerprint density at radius 1 is 0.889 bits per heavy atom. The number of oxazole rings is 1. The molecule has 0 aliphatic heterocycles. The Morgan fingerprint density at radius 2 is 1.67 bits per heavy atom. The van der Waals surface area contributed by atoms with E-state index in [-0.39, 0.29) is 11.5 Å². The van der Waals surface area contributed by atoms with Crippen molar-refractivity contribution in [2.75, 3.05) is 0 Å². The van der Waals surface area contributed by atoms with Crippen molar-refractivity contribution >= 4 is 23.0 Å². The molecule has 27 heavy (non-hydrogen) atoms. The topological polar surface area (TPSA) is 78.9 Å². The van der Waals surface area contributed by atoms with Crippen LogP contribution in [0.1, 0.15) is 16.7 Å². The van der Waals surface area contributed by atoms with E-state index in [1.54, 1.807) is 30.5 Å². The maximum absolute atomic E-state index is 10.4. The van der Waals surface area contributed by atoms with E-state index in [0.717, 1.165) is 16.6 Å². The summed E-state index contributed by atoms with van der Waals surface area (Å²) in [6, 6.07) is 16.1. The van der Waals surface area contributed by atoms with Gasteiger partial charge in [0, 0.05) is 17.8 Å². The molecular weight excluding hydrogens is 340 g/mol. The van der Waals surface area contributed by atoms with Crippen LogP contribution in [0.2, 0.25) is 0 Å². The predicted molar refractivity (Wildman–Crippen MR) is 106 cm³/mol. The van der Waals surface area contributed by atoms with Crippen molar-refractivity contribution in [2.24, 2.45) is 4.99 Å². The highest BCUT2D eigenvalue weighted by atomic mass is 16.3. The minimum absolute atomic E-state index is 0.0291. The van der Waals surface area contributed by atoms with Gasteiger partial charge in [-0.05, 0) is 55.8 Å². The fourth-order valence-electron chi connectivity index (χ4n) is 2.86. The van der Waals surface area contributed by atoms with Gasteiger partial charge in [0.15, 0.2) is 5.58 Å². The number of fused-ring (bicyclic) bond motifs is 1. The Balaban J connectivity index is 1.65. The number of hydrogen-bond acceptors (Lipinski definition) is 5. The number of hydrogen-bond donors (Lipinski definition) is 2. The van der Waals surface area contributed by atoms with Crippen LogP contribution in [0.5, 0.6) is 11.5 Å². The lowest BCUT2D eigenvalue weighted by Gasteiger charge is -2.02. The first kappa shape index (κ1) is 16.8. The molecule has 4 aromatic rings. The standard InChI is InChI=1S/C22H18N2O3/c1-13-3-7-19(25)15(9-13)12-23-16-5-6-17(20(26)11-16)22-24-18-10-14(2)4-8-21(18)27-22/h3-12,25-26H,1-2H3. The summed E-state index contributed by atoms with van der Waals surface area (Å²) in [5.74, 6) is 0.549. The summed E-state index contributed by atoms with van der Waals surface area (Å²) < 4.78 is 5.75. The number of aryl methyl sites for hydroxylation is 2. The summed E-state index contributed by atoms with van der Waals surface area (Å²) in [4.78, 5) is 8.78. The average molecular weight is 358 g/mol. The molecule has 0 spiro atoms. The molecule has 0 aliphatic carbocycles. The van der Waals surface area contributed by atoms with Gasteiger partial charge in [-0.1, -0.05) is 17.7 Å². The van der Waals surface area contributed by atoms with E-state index < -0.39 is 0 Å². The van der Waals surface area contributed by atoms with Crippen LogP contribution in [0.15, 0.2) is 64.0 Å². The fraction of sp³-hybridized carbons (Fsp3) is 0.0909. The second kappa shape index (κ2) is 6.61. The van der Waals surface area contributed by atoms with Gasteiger partial charge in [-0.25, -0.2) is 4.98 Å². The van der Waals surface area contributed by atoms with Gasteiger partial charge in [0.1, 0.15) is 17.0 Å². The van der Waals surface area contributed by atoms with E-state index >= 15 is 0 Å². The van der Waals surface area contributed by atoms with Crippen LogP contribution in [0, 0.1) is 13.8 Å². The molecule has 2 N–H and O–H groups in total. The van der Waals surface area contributed by atoms with E-state index in [1.165, 1.54) is 0 Å². The molecular formula is C22H18N2O3. The minimum atomic E-state index is 0.0291. The number of phenols is 2.